The van der Waals surface area contributed by atoms with Crippen LogP contribution < -0.4 is 5.84 Å². The lowest BCUT2D eigenvalue weighted by molar-refractivity contribution is -0.803. The first kappa shape index (κ1) is 18.6. The highest BCUT2D eigenvalue weighted by Crippen LogP contribution is 2.31. The van der Waals surface area contributed by atoms with E-state index in [0.717, 1.165) is 18.5 Å². The van der Waals surface area contributed by atoms with Gasteiger partial charge in [-0.1, -0.05) is 0 Å². The summed E-state index contributed by atoms with van der Waals surface area (Å²) in [6, 6.07) is 3.58. The minimum Gasteiger partial charge on any atom is -0.461 e. The van der Waals surface area contributed by atoms with Gasteiger partial charge in [0.15, 0.2) is 12.0 Å². The molecule has 0 spiro atoms. The molecule has 0 bridgehead atoms. The Labute approximate surface area is 163 Å². The fraction of sp³-hybridized carbons (Fsp3) is 0.474. The van der Waals surface area contributed by atoms with Crippen LogP contribution in [0.25, 0.3) is 0 Å². The lowest BCUT2D eigenvalue weighted by Gasteiger charge is -2.34. The van der Waals surface area contributed by atoms with Gasteiger partial charge in [-0.2, -0.15) is 4.99 Å². The van der Waals surface area contributed by atoms with Crippen LogP contribution in [0, 0.1) is 5.92 Å². The molecule has 9 nitrogen and oxygen atoms in total. The Hall–Kier alpha value is -2.78. The van der Waals surface area contributed by atoms with Gasteiger partial charge in [0.05, 0.1) is 6.26 Å². The molecule has 1 amide bonds. The summed E-state index contributed by atoms with van der Waals surface area (Å²) in [4.78, 5) is 23.0. The number of fused-ring (bicyclic) bond motifs is 1. The van der Waals surface area contributed by atoms with Gasteiger partial charge < -0.3 is 14.1 Å². The summed E-state index contributed by atoms with van der Waals surface area (Å²) in [5, 5.41) is 4.50. The number of allylic oxidation sites excluding steroid dienone is 1. The van der Waals surface area contributed by atoms with E-state index in [0.29, 0.717) is 30.5 Å². The summed E-state index contributed by atoms with van der Waals surface area (Å²) < 4.78 is 10.6. The van der Waals surface area contributed by atoms with Gasteiger partial charge >= 0.3 is 6.09 Å². The molecular weight excluding hydrogens is 360 g/mol. The zero-order valence-corrected chi connectivity index (χ0v) is 16.3. The minimum atomic E-state index is -0.491. The molecule has 1 atom stereocenters. The molecule has 28 heavy (non-hydrogen) atoms. The number of carbonyl (C=O) groups excluding carboxylic acids is 1. The summed E-state index contributed by atoms with van der Waals surface area (Å²) in [5.41, 5.74) is 0.379. The number of piperidine rings is 1. The van der Waals surface area contributed by atoms with Crippen LogP contribution in [0.4, 0.5) is 4.79 Å². The highest BCUT2D eigenvalue weighted by atomic mass is 16.6. The maximum absolute atomic E-state index is 12.2. The third kappa shape index (κ3) is 3.63. The van der Waals surface area contributed by atoms with Crippen LogP contribution in [-0.4, -0.2) is 52.3 Å². The second-order valence-electron chi connectivity index (χ2n) is 8.16. The van der Waals surface area contributed by atoms with Crippen molar-refractivity contribution in [3.05, 3.63) is 36.1 Å². The summed E-state index contributed by atoms with van der Waals surface area (Å²) >= 11 is 0. The molecule has 4 heterocycles. The molecule has 1 saturated heterocycles. The van der Waals surface area contributed by atoms with Gasteiger partial charge in [-0.25, -0.2) is 9.79 Å². The molecule has 4 rings (SSSR count). The molecule has 1 unspecified atom stereocenters. The van der Waals surface area contributed by atoms with Crippen LogP contribution in [-0.2, 0) is 4.74 Å². The fourth-order valence-corrected chi connectivity index (χ4v) is 3.41. The normalized spacial score (nSPS) is 25.1. The van der Waals surface area contributed by atoms with Gasteiger partial charge in [0.1, 0.15) is 17.5 Å². The minimum absolute atomic E-state index is 0.206. The molecule has 0 radical (unpaired) electrons. The number of amidine groups is 2. The standard InChI is InChI=1S/C19H25N6O3/c1-19(2,3)28-18(26)24-8-6-13(7-9-24)14-12-25(20)16(11-21-14)22-17(23-25)15-5-4-10-27-15/h4-5,10-13H,6-9,20H2,1-3H3/q+1. The van der Waals surface area contributed by atoms with Crippen molar-refractivity contribution in [2.45, 2.75) is 39.2 Å². The number of hydrogen-bond acceptors (Lipinski definition) is 7. The molecule has 9 heteroatoms. The van der Waals surface area contributed by atoms with Crippen LogP contribution in [0.3, 0.4) is 0 Å². The Bertz CT molecular complexity index is 885. The number of nitrogens with two attached hydrogens (primary N) is 1. The van der Waals surface area contributed by atoms with E-state index < -0.39 is 5.60 Å². The number of aliphatic imine (C=N–C) groups is 2. The van der Waals surface area contributed by atoms with Crippen molar-refractivity contribution in [3.8, 4) is 0 Å². The first-order valence-electron chi connectivity index (χ1n) is 9.39. The Morgan fingerprint density at radius 3 is 2.75 bits per heavy atom. The lowest BCUT2D eigenvalue weighted by atomic mass is 9.93. The summed E-state index contributed by atoms with van der Waals surface area (Å²) in [5.74, 6) is 8.20. The number of rotatable bonds is 2. The average Bonchev–Trinajstić information content (AvgIpc) is 3.26. The van der Waals surface area contributed by atoms with Crippen molar-refractivity contribution in [1.82, 2.24) is 4.90 Å². The van der Waals surface area contributed by atoms with Crippen LogP contribution >= 0.6 is 0 Å². The maximum Gasteiger partial charge on any atom is 0.410 e. The average molecular weight is 385 g/mol. The lowest BCUT2D eigenvalue weighted by Crippen LogP contribution is -2.50. The molecule has 1 aromatic rings. The van der Waals surface area contributed by atoms with E-state index in [-0.39, 0.29) is 16.7 Å². The number of ether oxygens (including phenoxy) is 1. The predicted octanol–water partition coefficient (Wildman–Crippen LogP) is 2.62. The first-order valence-corrected chi connectivity index (χ1v) is 9.39. The van der Waals surface area contributed by atoms with Gasteiger partial charge in [-0.3, -0.25) is 0 Å². The van der Waals surface area contributed by atoms with Gasteiger partial charge in [-0.05, 0) is 55.5 Å². The number of nitrogens with zero attached hydrogens (tertiary/aromatic N) is 5. The van der Waals surface area contributed by atoms with Crippen molar-refractivity contribution in [1.29, 1.82) is 0 Å². The Morgan fingerprint density at radius 2 is 2.11 bits per heavy atom. The smallest absolute Gasteiger partial charge is 0.410 e. The second kappa shape index (κ2) is 6.68. The second-order valence-corrected chi connectivity index (χ2v) is 8.16. The monoisotopic (exact) mass is 385 g/mol. The van der Waals surface area contributed by atoms with Crippen molar-refractivity contribution in [2.24, 2.45) is 26.8 Å². The van der Waals surface area contributed by atoms with E-state index in [9.17, 15) is 4.79 Å². The molecule has 1 aromatic heterocycles. The SMILES string of the molecule is CC(C)(C)OC(=O)N1CCC(C2=C[N+]3(N)N=C(c4ccco4)N=C3C=N2)CC1. The summed E-state index contributed by atoms with van der Waals surface area (Å²) in [7, 11) is 0. The van der Waals surface area contributed by atoms with E-state index in [1.807, 2.05) is 27.0 Å². The predicted molar refractivity (Wildman–Crippen MR) is 104 cm³/mol. The Kier molecular flexibility index (Phi) is 4.43. The highest BCUT2D eigenvalue weighted by Gasteiger charge is 2.41. The summed E-state index contributed by atoms with van der Waals surface area (Å²) in [6.45, 7) is 6.86. The molecular formula is C19H25N6O3+. The van der Waals surface area contributed by atoms with E-state index in [1.54, 1.807) is 29.5 Å². The van der Waals surface area contributed by atoms with Gasteiger partial charge in [-0.15, -0.1) is 5.84 Å². The molecule has 0 aromatic carbocycles. The Morgan fingerprint density at radius 1 is 1.36 bits per heavy atom. The zero-order valence-electron chi connectivity index (χ0n) is 16.3. The van der Waals surface area contributed by atoms with Gasteiger partial charge in [0, 0.05) is 19.0 Å². The zero-order chi connectivity index (χ0) is 19.9. The summed E-state index contributed by atoms with van der Waals surface area (Å²) in [6.07, 6.45) is 6.38. The molecule has 0 aliphatic carbocycles. The van der Waals surface area contributed by atoms with Gasteiger partial charge in [0.25, 0.3) is 11.7 Å². The van der Waals surface area contributed by atoms with Crippen molar-refractivity contribution < 1.29 is 18.6 Å². The molecule has 2 N–H and O–H groups in total. The number of hydrogen-bond donors (Lipinski definition) is 1. The van der Waals surface area contributed by atoms with Crippen LogP contribution in [0.2, 0.25) is 0 Å². The number of amides is 1. The number of furan rings is 1. The third-order valence-corrected chi connectivity index (χ3v) is 4.81. The third-order valence-electron chi connectivity index (χ3n) is 4.81. The fourth-order valence-electron chi connectivity index (χ4n) is 3.41. The van der Waals surface area contributed by atoms with Crippen LogP contribution in [0.1, 0.15) is 39.4 Å². The number of quaternary nitrogens is 1. The van der Waals surface area contributed by atoms with Crippen LogP contribution in [0.5, 0.6) is 0 Å². The van der Waals surface area contributed by atoms with Crippen LogP contribution in [0.15, 0.2) is 49.8 Å². The van der Waals surface area contributed by atoms with E-state index in [1.165, 1.54) is 0 Å². The highest BCUT2D eigenvalue weighted by molar-refractivity contribution is 6.31. The Balaban J connectivity index is 1.44. The number of carbonyl (C=O) groups is 1. The van der Waals surface area contributed by atoms with E-state index >= 15 is 0 Å². The van der Waals surface area contributed by atoms with E-state index in [2.05, 4.69) is 15.1 Å². The largest absolute Gasteiger partial charge is 0.461 e. The molecule has 1 fully saturated rings. The quantitative estimate of drug-likeness (QED) is 0.624. The number of likely N-dealkylation sites (tertiary alicyclic amines) is 1. The molecule has 0 saturated carbocycles. The van der Waals surface area contributed by atoms with E-state index in [4.69, 9.17) is 15.0 Å². The topological polar surface area (TPSA) is 106 Å². The van der Waals surface area contributed by atoms with Gasteiger partial charge in [0.2, 0.25) is 0 Å². The maximum atomic E-state index is 12.2. The molecule has 148 valence electrons. The van der Waals surface area contributed by atoms with Crippen molar-refractivity contribution in [2.75, 3.05) is 13.1 Å². The van der Waals surface area contributed by atoms with Crippen molar-refractivity contribution in [3.63, 3.8) is 0 Å². The van der Waals surface area contributed by atoms with Crippen molar-refractivity contribution >= 4 is 24.0 Å². The molecule has 3 aliphatic heterocycles. The molecule has 3 aliphatic rings. The first-order chi connectivity index (χ1) is 13.2.